The van der Waals surface area contributed by atoms with E-state index < -0.39 is 67.0 Å². The largest absolute Gasteiger partial charge is 0.463 e. The lowest BCUT2D eigenvalue weighted by atomic mass is 9.96. The number of amides is 1. The van der Waals surface area contributed by atoms with E-state index in [0.717, 1.165) is 13.8 Å². The van der Waals surface area contributed by atoms with E-state index in [1.54, 1.807) is 18.2 Å². The summed E-state index contributed by atoms with van der Waals surface area (Å²) in [6.07, 6.45) is -5.18. The molecule has 1 aromatic carbocycles. The highest BCUT2D eigenvalue weighted by Gasteiger charge is 2.52. The molecule has 0 bridgehead atoms. The van der Waals surface area contributed by atoms with Crippen molar-refractivity contribution in [3.05, 3.63) is 35.9 Å². The van der Waals surface area contributed by atoms with E-state index in [-0.39, 0.29) is 5.56 Å². The van der Waals surface area contributed by atoms with Gasteiger partial charge in [0.25, 0.3) is 0 Å². The molecule has 0 radical (unpaired) electrons. The molecule has 1 aliphatic rings. The second kappa shape index (κ2) is 11.2. The van der Waals surface area contributed by atoms with Gasteiger partial charge in [0.15, 0.2) is 12.2 Å². The van der Waals surface area contributed by atoms with Gasteiger partial charge >= 0.3 is 23.9 Å². The first kappa shape index (κ1) is 24.8. The van der Waals surface area contributed by atoms with Gasteiger partial charge in [-0.25, -0.2) is 4.79 Å². The number of hydrogen-bond donors (Lipinski definition) is 1. The Kier molecular flexibility index (Phi) is 8.71. The molecular weight excluding hydrogens is 426 g/mol. The van der Waals surface area contributed by atoms with Crippen LogP contribution in [0.1, 0.15) is 38.1 Å². The highest BCUT2D eigenvalue weighted by Crippen LogP contribution is 2.28. The summed E-state index contributed by atoms with van der Waals surface area (Å²) in [6, 6.07) is 6.78. The van der Waals surface area contributed by atoms with Gasteiger partial charge in [-0.3, -0.25) is 19.2 Å². The van der Waals surface area contributed by atoms with Gasteiger partial charge in [0.1, 0.15) is 18.8 Å². The van der Waals surface area contributed by atoms with E-state index in [1.165, 1.54) is 26.0 Å². The Morgan fingerprint density at radius 1 is 0.844 bits per heavy atom. The van der Waals surface area contributed by atoms with Gasteiger partial charge in [0, 0.05) is 27.7 Å². The molecule has 32 heavy (non-hydrogen) atoms. The van der Waals surface area contributed by atoms with Crippen molar-refractivity contribution < 1.29 is 47.7 Å². The van der Waals surface area contributed by atoms with Crippen LogP contribution in [0.5, 0.6) is 0 Å². The number of hydrogen-bond acceptors (Lipinski definition) is 10. The van der Waals surface area contributed by atoms with E-state index in [2.05, 4.69) is 5.32 Å². The van der Waals surface area contributed by atoms with E-state index in [9.17, 15) is 24.0 Å². The number of rotatable bonds is 7. The first-order valence-corrected chi connectivity index (χ1v) is 9.75. The molecular formula is C21H25NO10. The Morgan fingerprint density at radius 2 is 1.44 bits per heavy atom. The Bertz CT molecular complexity index is 855. The summed E-state index contributed by atoms with van der Waals surface area (Å²) in [5.41, 5.74) is 0.209. The monoisotopic (exact) mass is 451 g/mol. The predicted molar refractivity (Wildman–Crippen MR) is 106 cm³/mol. The van der Waals surface area contributed by atoms with Crippen LogP contribution in [0.15, 0.2) is 30.3 Å². The fourth-order valence-corrected chi connectivity index (χ4v) is 3.14. The van der Waals surface area contributed by atoms with Crippen LogP contribution in [0.4, 0.5) is 0 Å². The maximum absolute atomic E-state index is 12.6. The van der Waals surface area contributed by atoms with Crippen molar-refractivity contribution in [1.29, 1.82) is 0 Å². The van der Waals surface area contributed by atoms with Crippen molar-refractivity contribution in [2.24, 2.45) is 0 Å². The zero-order chi connectivity index (χ0) is 23.8. The summed E-state index contributed by atoms with van der Waals surface area (Å²) in [7, 11) is 0. The van der Waals surface area contributed by atoms with Crippen LogP contribution in [0, 0.1) is 0 Å². The van der Waals surface area contributed by atoms with Crippen molar-refractivity contribution in [3.63, 3.8) is 0 Å². The zero-order valence-electron chi connectivity index (χ0n) is 18.1. The average molecular weight is 451 g/mol. The third-order valence-electron chi connectivity index (χ3n) is 4.30. The second-order valence-corrected chi connectivity index (χ2v) is 6.99. The minimum atomic E-state index is -1.46. The average Bonchev–Trinajstić information content (AvgIpc) is 2.70. The van der Waals surface area contributed by atoms with Crippen LogP contribution >= 0.6 is 0 Å². The summed E-state index contributed by atoms with van der Waals surface area (Å²) >= 11 is 0. The van der Waals surface area contributed by atoms with Gasteiger partial charge < -0.3 is 29.0 Å². The molecule has 1 fully saturated rings. The Morgan fingerprint density at radius 3 is 1.97 bits per heavy atom. The van der Waals surface area contributed by atoms with Gasteiger partial charge in [-0.15, -0.1) is 0 Å². The highest BCUT2D eigenvalue weighted by molar-refractivity contribution is 5.89. The maximum atomic E-state index is 12.6. The van der Waals surface area contributed by atoms with Gasteiger partial charge in [0.05, 0.1) is 5.56 Å². The number of benzene rings is 1. The number of carbonyl (C=O) groups is 5. The third kappa shape index (κ3) is 7.05. The molecule has 1 aliphatic heterocycles. The van der Waals surface area contributed by atoms with Crippen molar-refractivity contribution in [3.8, 4) is 0 Å². The SMILES string of the molecule is CC(=O)N[C@@H]1[C@@H](OC(=O)c2ccccc2)O[C@@H](COC(C)=O)[C@@H](OC(C)=O)[C@@H]1OC(C)=O. The lowest BCUT2D eigenvalue weighted by Crippen LogP contribution is -2.66. The van der Waals surface area contributed by atoms with E-state index >= 15 is 0 Å². The first-order valence-electron chi connectivity index (χ1n) is 9.75. The molecule has 1 N–H and O–H groups in total. The number of carbonyl (C=O) groups excluding carboxylic acids is 5. The molecule has 1 saturated heterocycles. The molecule has 174 valence electrons. The molecule has 1 heterocycles. The lowest BCUT2D eigenvalue weighted by molar-refractivity contribution is -0.263. The molecule has 2 rings (SSSR count). The van der Waals surface area contributed by atoms with Gasteiger partial charge in [0.2, 0.25) is 12.2 Å². The fourth-order valence-electron chi connectivity index (χ4n) is 3.14. The molecule has 0 aromatic heterocycles. The van der Waals surface area contributed by atoms with Crippen LogP contribution in [0.25, 0.3) is 0 Å². The van der Waals surface area contributed by atoms with Gasteiger partial charge in [-0.2, -0.15) is 0 Å². The summed E-state index contributed by atoms with van der Waals surface area (Å²) in [5, 5.41) is 2.52. The van der Waals surface area contributed by atoms with E-state index in [4.69, 9.17) is 23.7 Å². The smallest absolute Gasteiger partial charge is 0.340 e. The summed E-state index contributed by atoms with van der Waals surface area (Å²) in [6.45, 7) is 4.23. The quantitative estimate of drug-likeness (QED) is 0.460. The molecule has 5 atom stereocenters. The third-order valence-corrected chi connectivity index (χ3v) is 4.30. The minimum absolute atomic E-state index is 0.209. The standard InChI is InChI=1S/C21H25NO10/c1-11(23)22-17-19(30-14(4)26)18(29-13(3)25)16(10-28-12(2)24)31-21(17)32-20(27)15-8-6-5-7-9-15/h5-9,16-19,21H,10H2,1-4H3,(H,22,23)/t16-,17-,18+,19+,21+/m0/s1. The summed E-state index contributed by atoms with van der Waals surface area (Å²) in [4.78, 5) is 59.3. The van der Waals surface area contributed by atoms with Crippen LogP contribution in [-0.4, -0.2) is 67.0 Å². The van der Waals surface area contributed by atoms with Gasteiger partial charge in [-0.1, -0.05) is 18.2 Å². The minimum Gasteiger partial charge on any atom is -0.463 e. The molecule has 11 heteroatoms. The molecule has 0 saturated carbocycles. The van der Waals surface area contributed by atoms with Crippen molar-refractivity contribution >= 4 is 29.8 Å². The Hall–Kier alpha value is -3.47. The molecule has 11 nitrogen and oxygen atoms in total. The maximum Gasteiger partial charge on any atom is 0.340 e. The molecule has 0 aliphatic carbocycles. The highest BCUT2D eigenvalue weighted by atomic mass is 16.7. The lowest BCUT2D eigenvalue weighted by Gasteiger charge is -2.44. The van der Waals surface area contributed by atoms with E-state index in [1.807, 2.05) is 0 Å². The van der Waals surface area contributed by atoms with Crippen LogP contribution < -0.4 is 5.32 Å². The Labute approximate surface area is 184 Å². The Balaban J connectivity index is 2.42. The van der Waals surface area contributed by atoms with Crippen LogP contribution in [0.3, 0.4) is 0 Å². The van der Waals surface area contributed by atoms with Crippen molar-refractivity contribution in [2.45, 2.75) is 58.3 Å². The molecule has 1 aromatic rings. The normalized spacial score (nSPS) is 24.6. The van der Waals surface area contributed by atoms with Gasteiger partial charge in [-0.05, 0) is 12.1 Å². The predicted octanol–water partition coefficient (Wildman–Crippen LogP) is 0.499. The molecule has 0 spiro atoms. The van der Waals surface area contributed by atoms with Crippen molar-refractivity contribution in [1.82, 2.24) is 5.32 Å². The topological polar surface area (TPSA) is 144 Å². The summed E-state index contributed by atoms with van der Waals surface area (Å²) in [5.74, 6) is -3.43. The van der Waals surface area contributed by atoms with Crippen LogP contribution in [-0.2, 0) is 42.9 Å². The summed E-state index contributed by atoms with van der Waals surface area (Å²) < 4.78 is 26.8. The first-order chi connectivity index (χ1) is 15.1. The van der Waals surface area contributed by atoms with E-state index in [0.29, 0.717) is 0 Å². The van der Waals surface area contributed by atoms with Crippen molar-refractivity contribution in [2.75, 3.05) is 6.61 Å². The number of nitrogens with one attached hydrogen (secondary N) is 1. The molecule has 1 amide bonds. The zero-order valence-corrected chi connectivity index (χ0v) is 18.1. The fraction of sp³-hybridized carbons (Fsp3) is 0.476. The number of ether oxygens (including phenoxy) is 5. The molecule has 0 unspecified atom stereocenters. The second-order valence-electron chi connectivity index (χ2n) is 6.99. The van der Waals surface area contributed by atoms with Crippen LogP contribution in [0.2, 0.25) is 0 Å². The number of esters is 4.